The van der Waals surface area contributed by atoms with Crippen molar-refractivity contribution < 1.29 is 52.5 Å². The van der Waals surface area contributed by atoms with Crippen LogP contribution < -0.4 is 0 Å². The Morgan fingerprint density at radius 2 is 1.02 bits per heavy atom. The summed E-state index contributed by atoms with van der Waals surface area (Å²) in [6, 6.07) is 49.3. The fraction of sp³-hybridized carbons (Fsp3) is 0.375. The fourth-order valence-electron chi connectivity index (χ4n) is 7.69. The summed E-state index contributed by atoms with van der Waals surface area (Å²) in [5, 5.41) is 12.1. The lowest BCUT2D eigenvalue weighted by Crippen LogP contribution is -2.66. The monoisotopic (exact) mass is 804 g/mol. The zero-order valence-electron chi connectivity index (χ0n) is 33.1. The Morgan fingerprint density at radius 1 is 0.525 bits per heavy atom. The van der Waals surface area contributed by atoms with E-state index >= 15 is 0 Å². The lowest BCUT2D eigenvalue weighted by atomic mass is 9.96. The summed E-state index contributed by atoms with van der Waals surface area (Å²) in [6.45, 7) is 1.47. The van der Waals surface area contributed by atoms with Gasteiger partial charge in [0.2, 0.25) is 0 Å². The topological polar surface area (TPSA) is 113 Å². The molecule has 3 fully saturated rings. The summed E-state index contributed by atoms with van der Waals surface area (Å²) >= 11 is 0. The molecule has 0 aromatic heterocycles. The summed E-state index contributed by atoms with van der Waals surface area (Å²) in [4.78, 5) is 0. The summed E-state index contributed by atoms with van der Waals surface area (Å²) < 4.78 is 65.2. The second-order valence-electron chi connectivity index (χ2n) is 14.9. The normalized spacial score (nSPS) is 29.4. The average Bonchev–Trinajstić information content (AvgIpc) is 3.30. The van der Waals surface area contributed by atoms with E-state index in [-0.39, 0.29) is 33.0 Å². The van der Waals surface area contributed by atoms with Crippen molar-refractivity contribution >= 4 is 0 Å². The molecule has 3 aliphatic heterocycles. The van der Waals surface area contributed by atoms with Crippen molar-refractivity contribution in [2.75, 3.05) is 20.3 Å². The highest BCUT2D eigenvalue weighted by atomic mass is 16.8. The maximum atomic E-state index is 12.1. The molecule has 0 radical (unpaired) electrons. The molecule has 0 saturated carbocycles. The third-order valence-corrected chi connectivity index (χ3v) is 10.7. The highest BCUT2D eigenvalue weighted by Gasteiger charge is 2.55. The Hall–Kier alpha value is -4.34. The van der Waals surface area contributed by atoms with Crippen molar-refractivity contribution in [2.45, 2.75) is 94.1 Å². The van der Waals surface area contributed by atoms with Gasteiger partial charge in [0.15, 0.2) is 18.9 Å². The van der Waals surface area contributed by atoms with Crippen molar-refractivity contribution in [3.8, 4) is 0 Å². The Balaban J connectivity index is 1.11. The van der Waals surface area contributed by atoms with Crippen molar-refractivity contribution in [1.82, 2.24) is 0 Å². The van der Waals surface area contributed by atoms with Crippen LogP contribution in [0.1, 0.15) is 34.1 Å². The molecular formula is C48H52O11. The average molecular weight is 805 g/mol. The second-order valence-corrected chi connectivity index (χ2v) is 14.9. The van der Waals surface area contributed by atoms with Crippen LogP contribution in [0.3, 0.4) is 0 Å². The zero-order chi connectivity index (χ0) is 40.2. The van der Waals surface area contributed by atoms with Crippen LogP contribution in [0.5, 0.6) is 0 Å². The first-order valence-corrected chi connectivity index (χ1v) is 20.2. The van der Waals surface area contributed by atoms with Gasteiger partial charge in [0.25, 0.3) is 0 Å². The van der Waals surface area contributed by atoms with E-state index in [1.165, 1.54) is 7.11 Å². The highest BCUT2D eigenvalue weighted by Crippen LogP contribution is 2.38. The van der Waals surface area contributed by atoms with Crippen LogP contribution in [0.15, 0.2) is 152 Å². The lowest BCUT2D eigenvalue weighted by molar-refractivity contribution is -0.396. The molecule has 0 bridgehead atoms. The van der Waals surface area contributed by atoms with Gasteiger partial charge in [-0.15, -0.1) is 0 Å². The molecule has 0 spiro atoms. The van der Waals surface area contributed by atoms with Gasteiger partial charge in [0.05, 0.1) is 39.6 Å². The third kappa shape index (κ3) is 10.7. The van der Waals surface area contributed by atoms with E-state index in [9.17, 15) is 5.11 Å². The number of hydrogen-bond donors (Lipinski definition) is 1. The van der Waals surface area contributed by atoms with Crippen molar-refractivity contribution in [3.63, 3.8) is 0 Å². The van der Waals surface area contributed by atoms with Gasteiger partial charge in [-0.05, 0) is 22.3 Å². The molecule has 8 rings (SSSR count). The lowest BCUT2D eigenvalue weighted by Gasteiger charge is -2.50. The van der Waals surface area contributed by atoms with Crippen LogP contribution in [-0.4, -0.2) is 86.8 Å². The Labute approximate surface area is 345 Å². The predicted octanol–water partition coefficient (Wildman–Crippen LogP) is 6.92. The van der Waals surface area contributed by atoms with E-state index in [1.54, 1.807) is 0 Å². The molecule has 0 aliphatic carbocycles. The molecule has 11 nitrogen and oxygen atoms in total. The molecule has 3 heterocycles. The van der Waals surface area contributed by atoms with Crippen LogP contribution in [0.2, 0.25) is 0 Å². The maximum Gasteiger partial charge on any atom is 0.187 e. The van der Waals surface area contributed by atoms with Crippen molar-refractivity contribution in [3.05, 3.63) is 179 Å². The predicted molar refractivity (Wildman–Crippen MR) is 216 cm³/mol. The van der Waals surface area contributed by atoms with E-state index < -0.39 is 67.7 Å². The van der Waals surface area contributed by atoms with Crippen LogP contribution in [0.4, 0.5) is 0 Å². The first kappa shape index (κ1) is 41.4. The Morgan fingerprint density at radius 3 is 1.56 bits per heavy atom. The number of aliphatic hydroxyl groups excluding tert-OH is 1. The molecule has 1 unspecified atom stereocenters. The number of ether oxygens (including phenoxy) is 10. The summed E-state index contributed by atoms with van der Waals surface area (Å²) in [7, 11) is 1.51. The largest absolute Gasteiger partial charge is 0.387 e. The third-order valence-electron chi connectivity index (χ3n) is 10.7. The Kier molecular flexibility index (Phi) is 14.6. The number of rotatable bonds is 17. The smallest absolute Gasteiger partial charge is 0.187 e. The first-order valence-electron chi connectivity index (χ1n) is 20.2. The van der Waals surface area contributed by atoms with Gasteiger partial charge < -0.3 is 52.5 Å². The van der Waals surface area contributed by atoms with Crippen LogP contribution in [-0.2, 0) is 73.8 Å². The summed E-state index contributed by atoms with van der Waals surface area (Å²) in [5.74, 6) is 0. The molecule has 5 aromatic carbocycles. The summed E-state index contributed by atoms with van der Waals surface area (Å²) in [6.07, 6.45) is -9.42. The van der Waals surface area contributed by atoms with Gasteiger partial charge in [0, 0.05) is 12.7 Å². The van der Waals surface area contributed by atoms with Gasteiger partial charge >= 0.3 is 0 Å². The molecule has 3 aliphatic rings. The SMILES string of the molecule is CO[C@H]1O[C@@H]2COC(c3ccccc3)O[C@H]2[C@H](O)[C@H]1O[C@@H]1O[C@H](COCc2ccccc2)[C@@H](OCc2ccccc2)[C@H](OCc2ccccc2)[C@H]1OCc1ccccc1. The first-order chi connectivity index (χ1) is 29.1. The highest BCUT2D eigenvalue weighted by molar-refractivity contribution is 5.18. The van der Waals surface area contributed by atoms with Gasteiger partial charge in [0.1, 0.15) is 48.8 Å². The molecule has 0 amide bonds. The van der Waals surface area contributed by atoms with E-state index in [0.717, 1.165) is 27.8 Å². The van der Waals surface area contributed by atoms with Gasteiger partial charge in [-0.1, -0.05) is 152 Å². The molecule has 59 heavy (non-hydrogen) atoms. The van der Waals surface area contributed by atoms with Gasteiger partial charge in [-0.3, -0.25) is 0 Å². The molecule has 5 aromatic rings. The standard InChI is InChI=1S/C48H52O11/c1-50-47-43(40(49)41-39(56-47)32-55-46(58-41)37-25-15-6-16-26-37)59-48-45(54-30-36-23-13-5-14-24-36)44(53-29-35-21-11-4-12-22-35)42(52-28-34-19-9-3-10-20-34)38(57-48)31-51-27-33-17-7-2-8-18-33/h2-26,38-49H,27-32H2,1H3/t38-,39-,40+,41-,42-,43-,44+,45-,46?,47+,48+/m1/s1. The van der Waals surface area contributed by atoms with Crippen molar-refractivity contribution in [1.29, 1.82) is 0 Å². The van der Waals surface area contributed by atoms with E-state index in [1.807, 2.05) is 152 Å². The quantitative estimate of drug-likeness (QED) is 0.106. The van der Waals surface area contributed by atoms with Gasteiger partial charge in [-0.25, -0.2) is 0 Å². The molecule has 11 heteroatoms. The van der Waals surface area contributed by atoms with E-state index in [2.05, 4.69) is 0 Å². The molecule has 1 N–H and O–H groups in total. The Bertz CT molecular complexity index is 1940. The molecule has 11 atom stereocenters. The number of methoxy groups -OCH3 is 1. The van der Waals surface area contributed by atoms with Crippen LogP contribution in [0, 0.1) is 0 Å². The van der Waals surface area contributed by atoms with Crippen LogP contribution >= 0.6 is 0 Å². The van der Waals surface area contributed by atoms with E-state index in [4.69, 9.17) is 47.4 Å². The molecule has 3 saturated heterocycles. The summed E-state index contributed by atoms with van der Waals surface area (Å²) in [5.41, 5.74) is 4.76. The zero-order valence-corrected chi connectivity index (χ0v) is 33.1. The second kappa shape index (κ2) is 20.8. The molecule has 310 valence electrons. The minimum atomic E-state index is -1.20. The number of aliphatic hydroxyl groups is 1. The van der Waals surface area contributed by atoms with Gasteiger partial charge in [-0.2, -0.15) is 0 Å². The van der Waals surface area contributed by atoms with Crippen LogP contribution in [0.25, 0.3) is 0 Å². The maximum absolute atomic E-state index is 12.1. The fourth-order valence-corrected chi connectivity index (χ4v) is 7.69. The van der Waals surface area contributed by atoms with Crippen molar-refractivity contribution in [2.24, 2.45) is 0 Å². The number of hydrogen-bond acceptors (Lipinski definition) is 11. The number of benzene rings is 5. The number of fused-ring (bicyclic) bond motifs is 1. The minimum absolute atomic E-state index is 0.145. The van der Waals surface area contributed by atoms with E-state index in [0.29, 0.717) is 6.61 Å². The molecular weight excluding hydrogens is 753 g/mol. The minimum Gasteiger partial charge on any atom is -0.387 e.